The Kier molecular flexibility index (Phi) is 5.62. The molecule has 0 bridgehead atoms. The minimum atomic E-state index is -0.226. The van der Waals surface area contributed by atoms with Crippen LogP contribution in [0.25, 0.3) is 17.3 Å². The van der Waals surface area contributed by atoms with E-state index in [9.17, 15) is 4.79 Å². The number of anilines is 1. The van der Waals surface area contributed by atoms with Gasteiger partial charge in [-0.15, -0.1) is 11.3 Å². The molecule has 29 heavy (non-hydrogen) atoms. The number of thiazole rings is 1. The van der Waals surface area contributed by atoms with Crippen molar-refractivity contribution in [3.8, 4) is 22.8 Å². The molecule has 0 aliphatic carbocycles. The fourth-order valence-corrected chi connectivity index (χ4v) is 3.81. The average molecular weight is 407 g/mol. The maximum atomic E-state index is 12.2. The van der Waals surface area contributed by atoms with E-state index in [0.29, 0.717) is 16.8 Å². The third-order valence-electron chi connectivity index (χ3n) is 4.45. The molecule has 0 unspecified atom stereocenters. The SMILES string of the molecule is CC(C)Cc1ccc(-c2csc(NC(=O)C=Cc3ccc4c(c3)OCO4)n2)cc1. The standard InChI is InChI=1S/C23H22N2O3S/c1-15(2)11-16-3-7-18(8-4-16)19-13-29-23(24-19)25-22(26)10-6-17-5-9-20-21(12-17)28-14-27-20/h3-10,12-13,15H,11,14H2,1-2H3,(H,24,25,26). The number of amides is 1. The molecule has 0 spiro atoms. The second-order valence-electron chi connectivity index (χ2n) is 7.27. The van der Waals surface area contributed by atoms with Crippen LogP contribution >= 0.6 is 11.3 Å². The van der Waals surface area contributed by atoms with Gasteiger partial charge in [0.2, 0.25) is 12.7 Å². The summed E-state index contributed by atoms with van der Waals surface area (Å²) >= 11 is 1.41. The Morgan fingerprint density at radius 2 is 1.97 bits per heavy atom. The molecule has 5 nitrogen and oxygen atoms in total. The van der Waals surface area contributed by atoms with Crippen LogP contribution in [0, 0.1) is 5.92 Å². The number of aromatic nitrogens is 1. The van der Waals surface area contributed by atoms with E-state index in [-0.39, 0.29) is 12.7 Å². The van der Waals surface area contributed by atoms with Crippen molar-refractivity contribution in [2.24, 2.45) is 5.92 Å². The lowest BCUT2D eigenvalue weighted by molar-refractivity contribution is -0.111. The van der Waals surface area contributed by atoms with E-state index in [2.05, 4.69) is 48.4 Å². The summed E-state index contributed by atoms with van der Waals surface area (Å²) in [4.78, 5) is 16.8. The number of hydrogen-bond acceptors (Lipinski definition) is 5. The molecule has 1 amide bonds. The van der Waals surface area contributed by atoms with Gasteiger partial charge in [-0.05, 0) is 41.7 Å². The van der Waals surface area contributed by atoms with Crippen LogP contribution in [0.4, 0.5) is 5.13 Å². The maximum Gasteiger partial charge on any atom is 0.250 e. The Hall–Kier alpha value is -3.12. The predicted molar refractivity (Wildman–Crippen MR) is 116 cm³/mol. The fourth-order valence-electron chi connectivity index (χ4n) is 3.08. The molecule has 3 aromatic rings. The number of benzene rings is 2. The summed E-state index contributed by atoms with van der Waals surface area (Å²) in [5.41, 5.74) is 4.10. The molecule has 1 aliphatic rings. The van der Waals surface area contributed by atoms with E-state index >= 15 is 0 Å². The fraction of sp³-hybridized carbons (Fsp3) is 0.217. The summed E-state index contributed by atoms with van der Waals surface area (Å²) in [6, 6.07) is 14.0. The molecule has 0 fully saturated rings. The summed E-state index contributed by atoms with van der Waals surface area (Å²) in [5.74, 6) is 1.82. The first kappa shape index (κ1) is 19.2. The van der Waals surface area contributed by atoms with Crippen molar-refractivity contribution in [3.63, 3.8) is 0 Å². The Labute approximate surface area is 174 Å². The third-order valence-corrected chi connectivity index (χ3v) is 5.21. The molecular formula is C23H22N2O3S. The molecule has 148 valence electrons. The normalized spacial score (nSPS) is 12.7. The second-order valence-corrected chi connectivity index (χ2v) is 8.13. The van der Waals surface area contributed by atoms with Crippen molar-refractivity contribution in [1.82, 2.24) is 4.98 Å². The van der Waals surface area contributed by atoms with Crippen molar-refractivity contribution in [1.29, 1.82) is 0 Å². The Balaban J connectivity index is 1.37. The summed E-state index contributed by atoms with van der Waals surface area (Å²) in [5, 5.41) is 5.35. The Morgan fingerprint density at radius 3 is 2.76 bits per heavy atom. The van der Waals surface area contributed by atoms with Gasteiger partial charge in [0.1, 0.15) is 0 Å². The lowest BCUT2D eigenvalue weighted by Gasteiger charge is -2.05. The quantitative estimate of drug-likeness (QED) is 0.558. The number of carbonyl (C=O) groups is 1. The van der Waals surface area contributed by atoms with E-state index in [0.717, 1.165) is 29.0 Å². The van der Waals surface area contributed by atoms with Gasteiger partial charge in [0.05, 0.1) is 5.69 Å². The number of ether oxygens (including phenoxy) is 2. The number of hydrogen-bond donors (Lipinski definition) is 1. The van der Waals surface area contributed by atoms with Gasteiger partial charge < -0.3 is 9.47 Å². The van der Waals surface area contributed by atoms with Crippen LogP contribution in [-0.4, -0.2) is 17.7 Å². The highest BCUT2D eigenvalue weighted by Crippen LogP contribution is 2.32. The number of nitrogens with zero attached hydrogens (tertiary/aromatic N) is 1. The molecule has 0 saturated heterocycles. The minimum absolute atomic E-state index is 0.226. The first-order valence-electron chi connectivity index (χ1n) is 9.50. The van der Waals surface area contributed by atoms with Crippen molar-refractivity contribution < 1.29 is 14.3 Å². The van der Waals surface area contributed by atoms with Gasteiger partial charge in [0.15, 0.2) is 16.6 Å². The molecule has 0 saturated carbocycles. The zero-order valence-electron chi connectivity index (χ0n) is 16.3. The molecule has 1 N–H and O–H groups in total. The number of rotatable bonds is 6. The van der Waals surface area contributed by atoms with E-state index in [1.54, 1.807) is 6.08 Å². The topological polar surface area (TPSA) is 60.5 Å². The monoisotopic (exact) mass is 406 g/mol. The highest BCUT2D eigenvalue weighted by Gasteiger charge is 2.12. The van der Waals surface area contributed by atoms with Gasteiger partial charge in [0, 0.05) is 17.0 Å². The van der Waals surface area contributed by atoms with Crippen molar-refractivity contribution in [2.75, 3.05) is 12.1 Å². The van der Waals surface area contributed by atoms with Crippen LogP contribution < -0.4 is 14.8 Å². The number of nitrogens with one attached hydrogen (secondary N) is 1. The molecule has 1 aromatic heterocycles. The van der Waals surface area contributed by atoms with E-state index < -0.39 is 0 Å². The maximum absolute atomic E-state index is 12.2. The lowest BCUT2D eigenvalue weighted by atomic mass is 10.0. The number of fused-ring (bicyclic) bond motifs is 1. The molecule has 0 radical (unpaired) electrons. The summed E-state index contributed by atoms with van der Waals surface area (Å²) in [6.07, 6.45) is 4.28. The molecule has 6 heteroatoms. The molecule has 4 rings (SSSR count). The molecule has 1 aliphatic heterocycles. The second kappa shape index (κ2) is 8.49. The predicted octanol–water partition coefficient (Wildman–Crippen LogP) is 5.39. The highest BCUT2D eigenvalue weighted by atomic mass is 32.1. The molecular weight excluding hydrogens is 384 g/mol. The van der Waals surface area contributed by atoms with Crippen molar-refractivity contribution in [3.05, 3.63) is 65.0 Å². The molecule has 2 aromatic carbocycles. The first-order chi connectivity index (χ1) is 14.1. The van der Waals surface area contributed by atoms with Crippen LogP contribution in [-0.2, 0) is 11.2 Å². The minimum Gasteiger partial charge on any atom is -0.454 e. The first-order valence-corrected chi connectivity index (χ1v) is 10.4. The zero-order chi connectivity index (χ0) is 20.2. The third kappa shape index (κ3) is 4.84. The van der Waals surface area contributed by atoms with Crippen LogP contribution in [0.2, 0.25) is 0 Å². The Bertz CT molecular complexity index is 1040. The van der Waals surface area contributed by atoms with Gasteiger partial charge in [-0.2, -0.15) is 0 Å². The van der Waals surface area contributed by atoms with E-state index in [1.807, 2.05) is 23.6 Å². The van der Waals surface area contributed by atoms with E-state index in [1.165, 1.54) is 23.0 Å². The lowest BCUT2D eigenvalue weighted by Crippen LogP contribution is -2.07. The summed E-state index contributed by atoms with van der Waals surface area (Å²) in [6.45, 7) is 4.66. The van der Waals surface area contributed by atoms with E-state index in [4.69, 9.17) is 9.47 Å². The zero-order valence-corrected chi connectivity index (χ0v) is 17.2. The Morgan fingerprint density at radius 1 is 1.17 bits per heavy atom. The van der Waals surface area contributed by atoms with Gasteiger partial charge in [0.25, 0.3) is 0 Å². The van der Waals surface area contributed by atoms with Gasteiger partial charge in [-0.25, -0.2) is 4.98 Å². The van der Waals surface area contributed by atoms with Crippen molar-refractivity contribution in [2.45, 2.75) is 20.3 Å². The van der Waals surface area contributed by atoms with Crippen molar-refractivity contribution >= 4 is 28.5 Å². The largest absolute Gasteiger partial charge is 0.454 e. The number of carbonyl (C=O) groups excluding carboxylic acids is 1. The molecule has 0 atom stereocenters. The smallest absolute Gasteiger partial charge is 0.250 e. The summed E-state index contributed by atoms with van der Waals surface area (Å²) < 4.78 is 10.6. The van der Waals surface area contributed by atoms with Crippen LogP contribution in [0.5, 0.6) is 11.5 Å². The van der Waals surface area contributed by atoms with Crippen LogP contribution in [0.15, 0.2) is 53.9 Å². The van der Waals surface area contributed by atoms with Gasteiger partial charge in [-0.3, -0.25) is 10.1 Å². The highest BCUT2D eigenvalue weighted by molar-refractivity contribution is 7.14. The van der Waals surface area contributed by atoms with Crippen LogP contribution in [0.3, 0.4) is 0 Å². The molecule has 2 heterocycles. The van der Waals surface area contributed by atoms with Gasteiger partial charge >= 0.3 is 0 Å². The summed E-state index contributed by atoms with van der Waals surface area (Å²) in [7, 11) is 0. The van der Waals surface area contributed by atoms with Crippen LogP contribution in [0.1, 0.15) is 25.0 Å². The average Bonchev–Trinajstić information content (AvgIpc) is 3.35. The van der Waals surface area contributed by atoms with Gasteiger partial charge in [-0.1, -0.05) is 44.2 Å².